The molecule has 3 amide bonds. The minimum Gasteiger partial charge on any atom is -0.504 e. The van der Waals surface area contributed by atoms with Crippen molar-refractivity contribution in [2.75, 3.05) is 25.1 Å². The molecule has 2 aliphatic heterocycles. The number of anilines is 1. The number of aromatic hydroxyl groups is 1. The molecule has 10 heteroatoms. The van der Waals surface area contributed by atoms with Gasteiger partial charge in [-0.05, 0) is 51.1 Å². The molecule has 2 aliphatic rings. The maximum atomic E-state index is 12.1. The van der Waals surface area contributed by atoms with Crippen molar-refractivity contribution in [2.24, 2.45) is 0 Å². The van der Waals surface area contributed by atoms with Crippen molar-refractivity contribution in [3.63, 3.8) is 0 Å². The van der Waals surface area contributed by atoms with E-state index in [1.54, 1.807) is 32.9 Å². The molecule has 0 aromatic heterocycles. The molecule has 0 radical (unpaired) electrons. The normalized spacial score (nSPS) is 20.5. The van der Waals surface area contributed by atoms with Crippen LogP contribution in [0.1, 0.15) is 32.8 Å². The Morgan fingerprint density at radius 3 is 2.70 bits per heavy atom. The molecule has 1 aromatic rings. The van der Waals surface area contributed by atoms with Crippen LogP contribution in [0.4, 0.5) is 15.3 Å². The number of phenols is 1. The number of hydrogen-bond acceptors (Lipinski definition) is 8. The van der Waals surface area contributed by atoms with Crippen molar-refractivity contribution in [3.8, 4) is 11.5 Å². The summed E-state index contributed by atoms with van der Waals surface area (Å²) in [6.07, 6.45) is 1.79. The van der Waals surface area contributed by atoms with Crippen LogP contribution in [-0.2, 0) is 9.53 Å². The molecule has 1 atom stereocenters. The molecule has 162 valence electrons. The third kappa shape index (κ3) is 5.18. The van der Waals surface area contributed by atoms with Crippen molar-refractivity contribution in [3.05, 3.63) is 22.6 Å². The lowest BCUT2D eigenvalue weighted by molar-refractivity contribution is -0.115. The van der Waals surface area contributed by atoms with Crippen LogP contribution >= 0.6 is 11.8 Å². The van der Waals surface area contributed by atoms with Gasteiger partial charge in [0.25, 0.3) is 11.1 Å². The number of nitrogens with one attached hydrogen (secondary N) is 2. The van der Waals surface area contributed by atoms with Crippen LogP contribution in [0.2, 0.25) is 0 Å². The van der Waals surface area contributed by atoms with Gasteiger partial charge in [-0.25, -0.2) is 4.79 Å². The van der Waals surface area contributed by atoms with E-state index in [1.165, 1.54) is 13.2 Å². The highest BCUT2D eigenvalue weighted by Gasteiger charge is 2.29. The number of thioether (sulfide) groups is 1. The van der Waals surface area contributed by atoms with Gasteiger partial charge in [-0.15, -0.1) is 0 Å². The second-order valence-electron chi connectivity index (χ2n) is 8.01. The van der Waals surface area contributed by atoms with Gasteiger partial charge in [0, 0.05) is 30.4 Å². The summed E-state index contributed by atoms with van der Waals surface area (Å²) in [4.78, 5) is 37.7. The van der Waals surface area contributed by atoms with E-state index in [1.807, 2.05) is 4.90 Å². The van der Waals surface area contributed by atoms with Crippen LogP contribution in [0.15, 0.2) is 17.0 Å². The molecule has 2 heterocycles. The quantitative estimate of drug-likeness (QED) is 0.618. The molecule has 0 unspecified atom stereocenters. The number of methoxy groups -OCH3 is 1. The molecule has 30 heavy (non-hydrogen) atoms. The van der Waals surface area contributed by atoms with E-state index in [0.717, 1.165) is 17.4 Å². The highest BCUT2D eigenvalue weighted by atomic mass is 32.2. The minimum absolute atomic E-state index is 0.0783. The van der Waals surface area contributed by atoms with Crippen LogP contribution < -0.4 is 20.3 Å². The van der Waals surface area contributed by atoms with Crippen molar-refractivity contribution in [1.82, 2.24) is 10.6 Å². The number of benzene rings is 1. The van der Waals surface area contributed by atoms with Crippen LogP contribution in [0.25, 0.3) is 6.08 Å². The fourth-order valence-electron chi connectivity index (χ4n) is 3.26. The molecule has 2 fully saturated rings. The first-order valence-electron chi connectivity index (χ1n) is 9.46. The Hall–Kier alpha value is -2.88. The molecule has 0 spiro atoms. The highest BCUT2D eigenvalue weighted by Crippen LogP contribution is 2.38. The summed E-state index contributed by atoms with van der Waals surface area (Å²) in [5.74, 6) is -0.266. The van der Waals surface area contributed by atoms with E-state index in [0.29, 0.717) is 25.1 Å². The number of imide groups is 1. The topological polar surface area (TPSA) is 117 Å². The van der Waals surface area contributed by atoms with Gasteiger partial charge in [0.05, 0.1) is 18.1 Å². The number of rotatable bonds is 4. The first-order chi connectivity index (χ1) is 14.1. The largest absolute Gasteiger partial charge is 0.504 e. The zero-order valence-electron chi connectivity index (χ0n) is 17.3. The van der Waals surface area contributed by atoms with Crippen LogP contribution in [0.3, 0.4) is 0 Å². The first kappa shape index (κ1) is 21.8. The summed E-state index contributed by atoms with van der Waals surface area (Å²) in [6.45, 7) is 6.57. The van der Waals surface area contributed by atoms with E-state index < -0.39 is 22.8 Å². The lowest BCUT2D eigenvalue weighted by Gasteiger charge is -2.24. The Balaban J connectivity index is 1.83. The SMILES string of the molecule is COc1cc(N2CC[C@@H](NC(=O)OC(C)(C)C)C2)c(/C=C2\SC(=O)NC2=O)cc1O. The summed E-state index contributed by atoms with van der Waals surface area (Å²) in [6, 6.07) is 3.05. The lowest BCUT2D eigenvalue weighted by atomic mass is 10.1. The smallest absolute Gasteiger partial charge is 0.407 e. The molecule has 3 N–H and O–H groups in total. The molecule has 1 aromatic carbocycles. The van der Waals surface area contributed by atoms with Gasteiger partial charge in [0.2, 0.25) is 0 Å². The Morgan fingerprint density at radius 1 is 1.37 bits per heavy atom. The number of carbonyl (C=O) groups excluding carboxylic acids is 3. The van der Waals surface area contributed by atoms with Gasteiger partial charge in [-0.1, -0.05) is 0 Å². The number of nitrogens with zero attached hydrogens (tertiary/aromatic N) is 1. The van der Waals surface area contributed by atoms with E-state index in [4.69, 9.17) is 9.47 Å². The second kappa shape index (κ2) is 8.47. The van der Waals surface area contributed by atoms with E-state index in [9.17, 15) is 19.5 Å². The highest BCUT2D eigenvalue weighted by molar-refractivity contribution is 8.18. The second-order valence-corrected chi connectivity index (χ2v) is 9.03. The minimum atomic E-state index is -0.580. The molecule has 0 bridgehead atoms. The molecule has 2 saturated heterocycles. The molecule has 3 rings (SSSR count). The summed E-state index contributed by atoms with van der Waals surface area (Å²) in [5, 5.41) is 14.9. The van der Waals surface area contributed by atoms with Gasteiger partial charge in [0.15, 0.2) is 11.5 Å². The number of amides is 3. The first-order valence-corrected chi connectivity index (χ1v) is 10.3. The van der Waals surface area contributed by atoms with Gasteiger partial charge in [0.1, 0.15) is 5.60 Å². The number of carbonyl (C=O) groups is 3. The van der Waals surface area contributed by atoms with Gasteiger partial charge >= 0.3 is 6.09 Å². The number of alkyl carbamates (subject to hydrolysis) is 1. The van der Waals surface area contributed by atoms with Gasteiger partial charge in [-0.3, -0.25) is 14.9 Å². The Morgan fingerprint density at radius 2 is 2.10 bits per heavy atom. The molecule has 0 saturated carbocycles. The number of ether oxygens (including phenoxy) is 2. The van der Waals surface area contributed by atoms with Gasteiger partial charge in [-0.2, -0.15) is 0 Å². The lowest BCUT2D eigenvalue weighted by Crippen LogP contribution is -2.40. The zero-order valence-corrected chi connectivity index (χ0v) is 18.1. The monoisotopic (exact) mass is 435 g/mol. The summed E-state index contributed by atoms with van der Waals surface area (Å²) >= 11 is 0.806. The van der Waals surface area contributed by atoms with Crippen molar-refractivity contribution in [1.29, 1.82) is 0 Å². The van der Waals surface area contributed by atoms with Crippen molar-refractivity contribution in [2.45, 2.75) is 38.8 Å². The third-order valence-electron chi connectivity index (χ3n) is 4.51. The maximum absolute atomic E-state index is 12.1. The number of hydrogen-bond donors (Lipinski definition) is 3. The standard InChI is InChI=1S/C20H25N3O6S/c1-20(2,3)29-18(26)21-12-5-6-23(10-12)13-9-15(28-4)14(24)7-11(13)8-16-17(25)22-19(27)30-16/h7-9,12,24H,5-6,10H2,1-4H3,(H,21,26)(H,22,25,27)/b16-8-/t12-/m1/s1. The molecule has 0 aliphatic carbocycles. The number of phenolic OH excluding ortho intramolecular Hbond substituents is 1. The predicted molar refractivity (Wildman–Crippen MR) is 114 cm³/mol. The summed E-state index contributed by atoms with van der Waals surface area (Å²) in [7, 11) is 1.45. The van der Waals surface area contributed by atoms with Crippen molar-refractivity contribution >= 4 is 40.8 Å². The zero-order chi connectivity index (χ0) is 22.1. The van der Waals surface area contributed by atoms with E-state index in [2.05, 4.69) is 10.6 Å². The van der Waals surface area contributed by atoms with Crippen LogP contribution in [-0.4, -0.2) is 54.2 Å². The average Bonchev–Trinajstić information content (AvgIpc) is 3.19. The fourth-order valence-corrected chi connectivity index (χ4v) is 3.93. The Labute approximate surface area is 178 Å². The third-order valence-corrected chi connectivity index (χ3v) is 5.32. The molecular weight excluding hydrogens is 410 g/mol. The van der Waals surface area contributed by atoms with Gasteiger partial charge < -0.3 is 24.8 Å². The summed E-state index contributed by atoms with van der Waals surface area (Å²) < 4.78 is 10.5. The van der Waals surface area contributed by atoms with Crippen LogP contribution in [0.5, 0.6) is 11.5 Å². The molecular formula is C20H25N3O6S. The summed E-state index contributed by atoms with van der Waals surface area (Å²) in [5.41, 5.74) is 0.708. The average molecular weight is 436 g/mol. The van der Waals surface area contributed by atoms with Crippen LogP contribution in [0, 0.1) is 0 Å². The Bertz CT molecular complexity index is 909. The molecule has 9 nitrogen and oxygen atoms in total. The van der Waals surface area contributed by atoms with E-state index >= 15 is 0 Å². The predicted octanol–water partition coefficient (Wildman–Crippen LogP) is 2.83. The van der Waals surface area contributed by atoms with E-state index in [-0.39, 0.29) is 22.4 Å². The maximum Gasteiger partial charge on any atom is 0.407 e. The fraction of sp³-hybridized carbons (Fsp3) is 0.450. The van der Waals surface area contributed by atoms with Crippen molar-refractivity contribution < 1.29 is 29.0 Å². The Kier molecular flexibility index (Phi) is 6.16.